The van der Waals surface area contributed by atoms with E-state index in [0.29, 0.717) is 12.0 Å². The van der Waals surface area contributed by atoms with E-state index in [1.54, 1.807) is 0 Å². The molecule has 2 unspecified atom stereocenters. The second kappa shape index (κ2) is 5.54. The minimum absolute atomic E-state index is 0.520. The van der Waals surface area contributed by atoms with Gasteiger partial charge < -0.3 is 10.6 Å². The van der Waals surface area contributed by atoms with Gasteiger partial charge in [-0.25, -0.2) is 0 Å². The number of rotatable bonds is 4. The Morgan fingerprint density at radius 3 is 2.82 bits per heavy atom. The molecule has 0 radical (unpaired) electrons. The first-order chi connectivity index (χ1) is 8.24. The van der Waals surface area contributed by atoms with Crippen LogP contribution in [0.3, 0.4) is 0 Å². The van der Waals surface area contributed by atoms with Gasteiger partial charge in [-0.2, -0.15) is 0 Å². The fourth-order valence-corrected chi connectivity index (χ4v) is 2.47. The summed E-state index contributed by atoms with van der Waals surface area (Å²) in [5.74, 6) is 1.58. The van der Waals surface area contributed by atoms with Crippen molar-refractivity contribution in [1.29, 1.82) is 0 Å². The highest BCUT2D eigenvalue weighted by Gasteiger charge is 2.38. The largest absolute Gasteiger partial charge is 0.353 e. The average molecular weight is 236 g/mol. The Kier molecular flexibility index (Phi) is 4.05. The molecular weight excluding hydrogens is 212 g/mol. The van der Waals surface area contributed by atoms with Gasteiger partial charge in [0.05, 0.1) is 0 Å². The van der Waals surface area contributed by atoms with Gasteiger partial charge in [-0.1, -0.05) is 13.0 Å². The van der Waals surface area contributed by atoms with Crippen LogP contribution in [0.1, 0.15) is 19.8 Å². The van der Waals surface area contributed by atoms with Gasteiger partial charge in [0.15, 0.2) is 5.96 Å². The molecular formula is C13H24N4. The van der Waals surface area contributed by atoms with Crippen molar-refractivity contribution in [1.82, 2.24) is 15.5 Å². The molecule has 96 valence electrons. The molecule has 0 bridgehead atoms. The van der Waals surface area contributed by atoms with E-state index in [0.717, 1.165) is 25.1 Å². The first kappa shape index (κ1) is 12.4. The molecule has 0 aromatic rings. The molecule has 17 heavy (non-hydrogen) atoms. The smallest absolute Gasteiger partial charge is 0.191 e. The number of nitrogens with zero attached hydrogens (tertiary/aromatic N) is 2. The van der Waals surface area contributed by atoms with Crippen molar-refractivity contribution in [3.8, 4) is 0 Å². The van der Waals surface area contributed by atoms with Gasteiger partial charge in [0, 0.05) is 38.8 Å². The van der Waals surface area contributed by atoms with Crippen LogP contribution in [0.25, 0.3) is 0 Å². The molecule has 2 N–H and O–H groups in total. The second-order valence-electron chi connectivity index (χ2n) is 5.15. The molecule has 1 aliphatic carbocycles. The standard InChI is InChI=1S/C13H24N4/c1-4-7-15-13(14-3)16-12-9-17(8-10(12)2)11-5-6-11/h4,10-12H,1,5-9H2,2-3H3,(H2,14,15,16). The van der Waals surface area contributed by atoms with E-state index in [4.69, 9.17) is 0 Å². The molecule has 1 saturated carbocycles. The zero-order chi connectivity index (χ0) is 12.3. The first-order valence-electron chi connectivity index (χ1n) is 6.56. The molecule has 4 heteroatoms. The summed E-state index contributed by atoms with van der Waals surface area (Å²) in [7, 11) is 1.82. The lowest BCUT2D eigenvalue weighted by Crippen LogP contribution is -2.46. The Morgan fingerprint density at radius 2 is 2.24 bits per heavy atom. The number of hydrogen-bond acceptors (Lipinski definition) is 2. The van der Waals surface area contributed by atoms with Crippen LogP contribution in [0, 0.1) is 5.92 Å². The van der Waals surface area contributed by atoms with Crippen LogP contribution in [0.5, 0.6) is 0 Å². The van der Waals surface area contributed by atoms with E-state index in [1.807, 2.05) is 13.1 Å². The molecule has 0 aromatic carbocycles. The molecule has 1 heterocycles. The van der Waals surface area contributed by atoms with Crippen molar-refractivity contribution in [2.75, 3.05) is 26.7 Å². The van der Waals surface area contributed by atoms with Gasteiger partial charge in [-0.05, 0) is 18.8 Å². The summed E-state index contributed by atoms with van der Waals surface area (Å²) in [5, 5.41) is 6.74. The van der Waals surface area contributed by atoms with E-state index in [9.17, 15) is 0 Å². The summed E-state index contributed by atoms with van der Waals surface area (Å²) in [5.41, 5.74) is 0. The highest BCUT2D eigenvalue weighted by Crippen LogP contribution is 2.31. The van der Waals surface area contributed by atoms with Crippen molar-refractivity contribution in [3.63, 3.8) is 0 Å². The minimum atomic E-state index is 0.520. The van der Waals surface area contributed by atoms with E-state index in [2.05, 4.69) is 34.0 Å². The normalized spacial score (nSPS) is 30.4. The summed E-state index contributed by atoms with van der Waals surface area (Å²) in [6.45, 7) is 9.16. The lowest BCUT2D eigenvalue weighted by Gasteiger charge is -2.19. The van der Waals surface area contributed by atoms with Crippen LogP contribution < -0.4 is 10.6 Å². The monoisotopic (exact) mass is 236 g/mol. The molecule has 4 nitrogen and oxygen atoms in total. The van der Waals surface area contributed by atoms with Gasteiger partial charge in [-0.15, -0.1) is 6.58 Å². The maximum absolute atomic E-state index is 4.24. The molecule has 0 spiro atoms. The maximum Gasteiger partial charge on any atom is 0.191 e. The van der Waals surface area contributed by atoms with Gasteiger partial charge in [-0.3, -0.25) is 9.89 Å². The van der Waals surface area contributed by atoms with Crippen LogP contribution in [0.4, 0.5) is 0 Å². The molecule has 2 fully saturated rings. The molecule has 0 amide bonds. The fraction of sp³-hybridized carbons (Fsp3) is 0.769. The van der Waals surface area contributed by atoms with E-state index < -0.39 is 0 Å². The van der Waals surface area contributed by atoms with Crippen molar-refractivity contribution >= 4 is 5.96 Å². The third-order valence-corrected chi connectivity index (χ3v) is 3.66. The molecule has 1 saturated heterocycles. The number of likely N-dealkylation sites (tertiary alicyclic amines) is 1. The minimum Gasteiger partial charge on any atom is -0.353 e. The van der Waals surface area contributed by atoms with Crippen molar-refractivity contribution in [2.24, 2.45) is 10.9 Å². The van der Waals surface area contributed by atoms with E-state index in [-0.39, 0.29) is 0 Å². The molecule has 0 aromatic heterocycles. The fourth-order valence-electron chi connectivity index (χ4n) is 2.47. The zero-order valence-corrected chi connectivity index (χ0v) is 10.9. The van der Waals surface area contributed by atoms with Crippen LogP contribution in [0.15, 0.2) is 17.6 Å². The average Bonchev–Trinajstić information content (AvgIpc) is 3.11. The van der Waals surface area contributed by atoms with Crippen molar-refractivity contribution in [2.45, 2.75) is 31.8 Å². The van der Waals surface area contributed by atoms with Crippen molar-refractivity contribution in [3.05, 3.63) is 12.7 Å². The summed E-state index contributed by atoms with van der Waals surface area (Å²) < 4.78 is 0. The Hall–Kier alpha value is -1.03. The number of guanidine groups is 1. The number of aliphatic imine (C=N–C) groups is 1. The highest BCUT2D eigenvalue weighted by molar-refractivity contribution is 5.80. The highest BCUT2D eigenvalue weighted by atomic mass is 15.3. The van der Waals surface area contributed by atoms with Crippen molar-refractivity contribution < 1.29 is 0 Å². The Labute approximate surface area is 104 Å². The third-order valence-electron chi connectivity index (χ3n) is 3.66. The lowest BCUT2D eigenvalue weighted by atomic mass is 10.1. The van der Waals surface area contributed by atoms with Crippen LogP contribution in [-0.2, 0) is 0 Å². The van der Waals surface area contributed by atoms with Crippen LogP contribution in [-0.4, -0.2) is 49.6 Å². The van der Waals surface area contributed by atoms with Gasteiger partial charge >= 0.3 is 0 Å². The summed E-state index contributed by atoms with van der Waals surface area (Å²) in [6, 6.07) is 1.39. The Balaban J connectivity index is 1.82. The van der Waals surface area contributed by atoms with E-state index in [1.165, 1.54) is 19.4 Å². The summed E-state index contributed by atoms with van der Waals surface area (Å²) >= 11 is 0. The SMILES string of the molecule is C=CCNC(=NC)NC1CN(C2CC2)CC1C. The quantitative estimate of drug-likeness (QED) is 0.431. The van der Waals surface area contributed by atoms with Gasteiger partial charge in [0.1, 0.15) is 0 Å². The predicted octanol–water partition coefficient (Wildman–Crippen LogP) is 0.820. The summed E-state index contributed by atoms with van der Waals surface area (Å²) in [6.07, 6.45) is 4.63. The topological polar surface area (TPSA) is 39.7 Å². The lowest BCUT2D eigenvalue weighted by molar-refractivity contribution is 0.315. The van der Waals surface area contributed by atoms with Gasteiger partial charge in [0.25, 0.3) is 0 Å². The first-order valence-corrected chi connectivity index (χ1v) is 6.56. The van der Waals surface area contributed by atoms with Crippen LogP contribution in [0.2, 0.25) is 0 Å². The second-order valence-corrected chi connectivity index (χ2v) is 5.15. The summed E-state index contributed by atoms with van der Waals surface area (Å²) in [4.78, 5) is 6.85. The third kappa shape index (κ3) is 3.22. The predicted molar refractivity (Wildman–Crippen MR) is 72.2 cm³/mol. The molecule has 2 atom stereocenters. The van der Waals surface area contributed by atoms with Gasteiger partial charge in [0.2, 0.25) is 0 Å². The van der Waals surface area contributed by atoms with E-state index >= 15 is 0 Å². The Bertz CT molecular complexity index is 296. The van der Waals surface area contributed by atoms with Crippen LogP contribution >= 0.6 is 0 Å². The zero-order valence-electron chi connectivity index (χ0n) is 10.9. The Morgan fingerprint density at radius 1 is 1.47 bits per heavy atom. The molecule has 2 rings (SSSR count). The number of nitrogens with one attached hydrogen (secondary N) is 2. The molecule has 2 aliphatic rings. The number of hydrogen-bond donors (Lipinski definition) is 2. The molecule has 1 aliphatic heterocycles. The maximum atomic E-state index is 4.24.